The van der Waals surface area contributed by atoms with Crippen LogP contribution in [0, 0.1) is 6.92 Å². The number of aliphatic hydroxyl groups is 1. The van der Waals surface area contributed by atoms with Crippen molar-refractivity contribution in [3.63, 3.8) is 0 Å². The largest absolute Gasteiger partial charge is 0.435 e. The summed E-state index contributed by atoms with van der Waals surface area (Å²) in [6.45, 7) is 7.87. The smallest absolute Gasteiger partial charge is 0.392 e. The minimum Gasteiger partial charge on any atom is -0.392 e. The third-order valence-corrected chi connectivity index (χ3v) is 4.67. The first-order valence-electron chi connectivity index (χ1n) is 6.38. The molecule has 0 spiro atoms. The number of halogens is 3. The second-order valence-corrected chi connectivity index (χ2v) is 11.5. The fourth-order valence-electron chi connectivity index (χ4n) is 1.66. The van der Waals surface area contributed by atoms with Crippen molar-refractivity contribution in [2.75, 3.05) is 6.61 Å². The maximum Gasteiger partial charge on any atom is 0.435 e. The van der Waals surface area contributed by atoms with E-state index in [0.29, 0.717) is 6.61 Å². The van der Waals surface area contributed by atoms with Crippen LogP contribution in [-0.4, -0.2) is 29.6 Å². The molecule has 4 nitrogen and oxygen atoms in total. The van der Waals surface area contributed by atoms with Crippen molar-refractivity contribution in [3.8, 4) is 0 Å². The molecule has 0 aliphatic rings. The Morgan fingerprint density at radius 1 is 1.30 bits per heavy atom. The van der Waals surface area contributed by atoms with E-state index in [2.05, 4.69) is 24.7 Å². The van der Waals surface area contributed by atoms with Gasteiger partial charge in [-0.2, -0.15) is 18.3 Å². The van der Waals surface area contributed by atoms with Crippen molar-refractivity contribution in [2.45, 2.75) is 52.1 Å². The Morgan fingerprint density at radius 3 is 2.30 bits per heavy atom. The Morgan fingerprint density at radius 2 is 1.90 bits per heavy atom. The molecule has 0 aliphatic carbocycles. The van der Waals surface area contributed by atoms with Crippen molar-refractivity contribution >= 4 is 8.07 Å². The summed E-state index contributed by atoms with van der Waals surface area (Å²) in [5.41, 5.74) is -0.939. The zero-order valence-electron chi connectivity index (χ0n) is 12.2. The van der Waals surface area contributed by atoms with E-state index >= 15 is 0 Å². The Labute approximate surface area is 117 Å². The van der Waals surface area contributed by atoms with Crippen molar-refractivity contribution in [3.05, 3.63) is 17.0 Å². The molecule has 0 bridgehead atoms. The third kappa shape index (κ3) is 4.60. The molecule has 1 heterocycles. The van der Waals surface area contributed by atoms with Crippen LogP contribution in [0.25, 0.3) is 0 Å². The lowest BCUT2D eigenvalue weighted by atomic mass is 10.2. The van der Waals surface area contributed by atoms with E-state index in [9.17, 15) is 13.2 Å². The highest BCUT2D eigenvalue weighted by Crippen LogP contribution is 2.32. The van der Waals surface area contributed by atoms with Crippen molar-refractivity contribution < 1.29 is 23.0 Å². The van der Waals surface area contributed by atoms with Gasteiger partial charge in [0, 0.05) is 25.9 Å². The normalized spacial score (nSPS) is 13.0. The van der Waals surface area contributed by atoms with Gasteiger partial charge < -0.3 is 9.84 Å². The van der Waals surface area contributed by atoms with Gasteiger partial charge in [0.15, 0.2) is 5.69 Å². The molecular formula is C12H21F3N2O2Si. The van der Waals surface area contributed by atoms with Crippen molar-refractivity contribution in [1.29, 1.82) is 0 Å². The molecule has 1 aromatic rings. The highest BCUT2D eigenvalue weighted by molar-refractivity contribution is 6.76. The molecular weight excluding hydrogens is 289 g/mol. The van der Waals surface area contributed by atoms with Crippen LogP contribution in [0.3, 0.4) is 0 Å². The number of rotatable bonds is 6. The molecule has 1 N–H and O–H groups in total. The van der Waals surface area contributed by atoms with E-state index < -0.39 is 26.6 Å². The second kappa shape index (κ2) is 6.27. The average molecular weight is 310 g/mol. The molecule has 0 unspecified atom stereocenters. The first-order valence-corrected chi connectivity index (χ1v) is 10.1. The van der Waals surface area contributed by atoms with Crippen LogP contribution in [0.15, 0.2) is 0 Å². The minimum absolute atomic E-state index is 0.0284. The van der Waals surface area contributed by atoms with Crippen LogP contribution in [0.5, 0.6) is 0 Å². The Bertz CT molecular complexity index is 453. The Balaban J connectivity index is 2.75. The van der Waals surface area contributed by atoms with Crippen molar-refractivity contribution in [2.24, 2.45) is 0 Å². The summed E-state index contributed by atoms with van der Waals surface area (Å²) in [7, 11) is -1.23. The number of nitrogens with zero attached hydrogens (tertiary/aromatic N) is 2. The molecule has 116 valence electrons. The number of alkyl halides is 3. The summed E-state index contributed by atoms with van der Waals surface area (Å²) in [4.78, 5) is 0. The summed E-state index contributed by atoms with van der Waals surface area (Å²) in [5, 5.41) is 12.6. The Hall–Kier alpha value is -0.863. The molecule has 1 rings (SSSR count). The summed E-state index contributed by atoms with van der Waals surface area (Å²) in [6, 6.07) is 0.937. The predicted octanol–water partition coefficient (Wildman–Crippen LogP) is 3.01. The summed E-state index contributed by atoms with van der Waals surface area (Å²) in [6.07, 6.45) is -4.56. The van der Waals surface area contributed by atoms with Crippen LogP contribution in [-0.2, 0) is 24.3 Å². The maximum atomic E-state index is 12.8. The van der Waals surface area contributed by atoms with Crippen LogP contribution in [0.2, 0.25) is 25.7 Å². The lowest BCUT2D eigenvalue weighted by Crippen LogP contribution is -2.22. The Kier molecular flexibility index (Phi) is 5.39. The lowest BCUT2D eigenvalue weighted by molar-refractivity contribution is -0.142. The van der Waals surface area contributed by atoms with Gasteiger partial charge in [-0.3, -0.25) is 0 Å². The molecule has 0 fully saturated rings. The summed E-state index contributed by atoms with van der Waals surface area (Å²) >= 11 is 0. The van der Waals surface area contributed by atoms with Gasteiger partial charge in [0.05, 0.1) is 6.61 Å². The van der Waals surface area contributed by atoms with E-state index in [1.807, 2.05) is 0 Å². The number of aliphatic hydroxyl groups excluding tert-OH is 1. The van der Waals surface area contributed by atoms with Gasteiger partial charge in [-0.05, 0) is 13.0 Å². The average Bonchev–Trinajstić information content (AvgIpc) is 2.60. The molecule has 0 saturated heterocycles. The molecule has 0 radical (unpaired) electrons. The highest BCUT2D eigenvalue weighted by atomic mass is 28.3. The summed E-state index contributed by atoms with van der Waals surface area (Å²) < 4.78 is 44.8. The molecule has 0 aliphatic heterocycles. The first-order chi connectivity index (χ1) is 9.06. The molecule has 0 saturated carbocycles. The predicted molar refractivity (Wildman–Crippen MR) is 72.0 cm³/mol. The quantitative estimate of drug-likeness (QED) is 0.649. The topological polar surface area (TPSA) is 47.3 Å². The molecule has 0 aromatic carbocycles. The molecule has 0 amide bonds. The zero-order valence-corrected chi connectivity index (χ0v) is 13.2. The third-order valence-electron chi connectivity index (χ3n) is 2.97. The van der Waals surface area contributed by atoms with Gasteiger partial charge in [0.25, 0.3) is 0 Å². The molecule has 20 heavy (non-hydrogen) atoms. The van der Waals surface area contributed by atoms with E-state index in [4.69, 9.17) is 9.84 Å². The molecule has 0 atom stereocenters. The second-order valence-electron chi connectivity index (χ2n) is 5.92. The number of ether oxygens (including phenoxy) is 1. The minimum atomic E-state index is -4.56. The van der Waals surface area contributed by atoms with Crippen LogP contribution < -0.4 is 0 Å². The van der Waals surface area contributed by atoms with Gasteiger partial charge in [0.2, 0.25) is 0 Å². The van der Waals surface area contributed by atoms with E-state index in [-0.39, 0.29) is 18.0 Å². The fourth-order valence-corrected chi connectivity index (χ4v) is 2.41. The van der Waals surface area contributed by atoms with Gasteiger partial charge in [0.1, 0.15) is 6.73 Å². The van der Waals surface area contributed by atoms with Crippen LogP contribution >= 0.6 is 0 Å². The zero-order chi connectivity index (χ0) is 15.6. The number of hydrogen-bond donors (Lipinski definition) is 1. The maximum absolute atomic E-state index is 12.8. The highest BCUT2D eigenvalue weighted by Gasteiger charge is 2.38. The van der Waals surface area contributed by atoms with Gasteiger partial charge in [-0.25, -0.2) is 4.68 Å². The van der Waals surface area contributed by atoms with E-state index in [0.717, 1.165) is 10.7 Å². The lowest BCUT2D eigenvalue weighted by Gasteiger charge is -2.15. The van der Waals surface area contributed by atoms with Crippen molar-refractivity contribution in [1.82, 2.24) is 9.78 Å². The van der Waals surface area contributed by atoms with Crippen LogP contribution in [0.4, 0.5) is 13.2 Å². The van der Waals surface area contributed by atoms with Crippen LogP contribution in [0.1, 0.15) is 17.0 Å². The number of aromatic nitrogens is 2. The first kappa shape index (κ1) is 17.2. The standard InChI is InChI=1S/C12H21F3N2O2Si/c1-9-10(7-18)11(12(13,14)15)16-17(9)8-19-5-6-20(2,3)4/h18H,5-8H2,1-4H3. The van der Waals surface area contributed by atoms with Gasteiger partial charge in [-0.1, -0.05) is 19.6 Å². The van der Waals surface area contributed by atoms with E-state index in [1.165, 1.54) is 6.92 Å². The summed E-state index contributed by atoms with van der Waals surface area (Å²) in [5.74, 6) is 0. The molecule has 8 heteroatoms. The number of hydrogen-bond acceptors (Lipinski definition) is 3. The fraction of sp³-hybridized carbons (Fsp3) is 0.750. The van der Waals surface area contributed by atoms with E-state index in [1.54, 1.807) is 0 Å². The van der Waals surface area contributed by atoms with Gasteiger partial charge in [-0.15, -0.1) is 0 Å². The van der Waals surface area contributed by atoms with Gasteiger partial charge >= 0.3 is 6.18 Å². The molecule has 1 aromatic heterocycles. The monoisotopic (exact) mass is 310 g/mol. The SMILES string of the molecule is Cc1c(CO)c(C(F)(F)F)nn1COCC[Si](C)(C)C.